The Labute approximate surface area is 121 Å². The standard InChI is InChI=1S/C14H24N6/c1-10(2)8-19-9-13(7-15)14(17-19)16-18-20(11(3)4)12(5)6/h9-12H,8H2,1-6H3. The van der Waals surface area contributed by atoms with E-state index in [0.717, 1.165) is 6.54 Å². The van der Waals surface area contributed by atoms with Gasteiger partial charge < -0.3 is 0 Å². The first-order valence-electron chi connectivity index (χ1n) is 7.02. The second kappa shape index (κ2) is 7.04. The number of aromatic nitrogens is 2. The van der Waals surface area contributed by atoms with Crippen molar-refractivity contribution >= 4 is 5.82 Å². The Bertz CT molecular complexity index is 484. The quantitative estimate of drug-likeness (QED) is 0.589. The molecule has 110 valence electrons. The summed E-state index contributed by atoms with van der Waals surface area (Å²) in [6, 6.07) is 2.62. The van der Waals surface area contributed by atoms with Gasteiger partial charge in [0.1, 0.15) is 11.6 Å². The Morgan fingerprint density at radius 1 is 1.25 bits per heavy atom. The van der Waals surface area contributed by atoms with E-state index >= 15 is 0 Å². The lowest BCUT2D eigenvalue weighted by molar-refractivity contribution is 0.169. The van der Waals surface area contributed by atoms with Crippen LogP contribution in [0.3, 0.4) is 0 Å². The highest BCUT2D eigenvalue weighted by Crippen LogP contribution is 2.18. The van der Waals surface area contributed by atoms with Crippen LogP contribution in [0.2, 0.25) is 0 Å². The summed E-state index contributed by atoms with van der Waals surface area (Å²) < 4.78 is 1.76. The summed E-state index contributed by atoms with van der Waals surface area (Å²) in [5.74, 6) is 0.855. The van der Waals surface area contributed by atoms with Crippen LogP contribution in [0.25, 0.3) is 0 Å². The smallest absolute Gasteiger partial charge is 0.215 e. The fourth-order valence-corrected chi connectivity index (χ4v) is 1.93. The fourth-order valence-electron chi connectivity index (χ4n) is 1.93. The van der Waals surface area contributed by atoms with Crippen molar-refractivity contribution in [1.82, 2.24) is 14.8 Å². The van der Waals surface area contributed by atoms with Gasteiger partial charge in [0.05, 0.1) is 0 Å². The maximum absolute atomic E-state index is 9.13. The third-order valence-corrected chi connectivity index (χ3v) is 2.72. The predicted molar refractivity (Wildman–Crippen MR) is 78.4 cm³/mol. The summed E-state index contributed by atoms with van der Waals surface area (Å²) in [6.45, 7) is 13.2. The highest BCUT2D eigenvalue weighted by molar-refractivity contribution is 5.45. The summed E-state index contributed by atoms with van der Waals surface area (Å²) in [5, 5.41) is 23.7. The first-order valence-corrected chi connectivity index (χ1v) is 7.02. The van der Waals surface area contributed by atoms with E-state index in [4.69, 9.17) is 5.26 Å². The van der Waals surface area contributed by atoms with Crippen molar-refractivity contribution in [2.24, 2.45) is 16.3 Å². The van der Waals surface area contributed by atoms with Crippen molar-refractivity contribution < 1.29 is 0 Å². The summed E-state index contributed by atoms with van der Waals surface area (Å²) >= 11 is 0. The minimum Gasteiger partial charge on any atom is -0.273 e. The molecule has 6 heteroatoms. The van der Waals surface area contributed by atoms with E-state index in [1.54, 1.807) is 10.9 Å². The van der Waals surface area contributed by atoms with E-state index < -0.39 is 0 Å². The molecule has 0 saturated carbocycles. The molecule has 1 rings (SSSR count). The van der Waals surface area contributed by atoms with Crippen molar-refractivity contribution in [2.45, 2.75) is 60.2 Å². The summed E-state index contributed by atoms with van der Waals surface area (Å²) in [7, 11) is 0. The SMILES string of the molecule is CC(C)Cn1cc(C#N)c(N=NN(C(C)C)C(C)C)n1. The molecule has 1 aromatic rings. The van der Waals surface area contributed by atoms with Crippen LogP contribution in [-0.4, -0.2) is 26.9 Å². The Morgan fingerprint density at radius 3 is 2.30 bits per heavy atom. The average Bonchev–Trinajstić information content (AvgIpc) is 2.69. The molecule has 0 atom stereocenters. The number of hydrogen-bond acceptors (Lipinski definition) is 4. The van der Waals surface area contributed by atoms with Crippen molar-refractivity contribution in [3.63, 3.8) is 0 Å². The van der Waals surface area contributed by atoms with Crippen LogP contribution in [0.5, 0.6) is 0 Å². The van der Waals surface area contributed by atoms with Crippen LogP contribution in [-0.2, 0) is 6.54 Å². The van der Waals surface area contributed by atoms with Crippen molar-refractivity contribution in [1.29, 1.82) is 5.26 Å². The summed E-state index contributed by atoms with van der Waals surface area (Å²) in [4.78, 5) is 0. The molecule has 0 aliphatic rings. The molecule has 0 aliphatic carbocycles. The Hall–Kier alpha value is -1.90. The minimum atomic E-state index is 0.252. The molecule has 0 saturated heterocycles. The first-order chi connectivity index (χ1) is 9.35. The molecule has 0 aliphatic heterocycles. The molecule has 0 bridgehead atoms. The Kier molecular flexibility index (Phi) is 5.68. The van der Waals surface area contributed by atoms with Gasteiger partial charge in [-0.2, -0.15) is 5.26 Å². The van der Waals surface area contributed by atoms with Gasteiger partial charge in [0.15, 0.2) is 0 Å². The molecular weight excluding hydrogens is 252 g/mol. The molecule has 0 spiro atoms. The largest absolute Gasteiger partial charge is 0.273 e. The Morgan fingerprint density at radius 2 is 1.85 bits per heavy atom. The van der Waals surface area contributed by atoms with Crippen molar-refractivity contribution in [3.05, 3.63) is 11.8 Å². The van der Waals surface area contributed by atoms with Gasteiger partial charge in [0.2, 0.25) is 5.82 Å². The number of rotatable bonds is 6. The molecule has 1 heterocycles. The molecule has 0 N–H and O–H groups in total. The van der Waals surface area contributed by atoms with E-state index in [2.05, 4.69) is 63.0 Å². The molecule has 0 radical (unpaired) electrons. The van der Waals surface area contributed by atoms with Gasteiger partial charge in [-0.1, -0.05) is 19.1 Å². The van der Waals surface area contributed by atoms with Crippen LogP contribution >= 0.6 is 0 Å². The van der Waals surface area contributed by atoms with Crippen LogP contribution in [0.1, 0.15) is 47.1 Å². The van der Waals surface area contributed by atoms with Crippen LogP contribution in [0, 0.1) is 17.2 Å². The highest BCUT2D eigenvalue weighted by Gasteiger charge is 2.13. The van der Waals surface area contributed by atoms with Crippen LogP contribution in [0.15, 0.2) is 16.5 Å². The van der Waals surface area contributed by atoms with Crippen molar-refractivity contribution in [3.8, 4) is 6.07 Å². The van der Waals surface area contributed by atoms with Gasteiger partial charge in [0.25, 0.3) is 0 Å². The second-order valence-corrected chi connectivity index (χ2v) is 5.85. The van der Waals surface area contributed by atoms with Gasteiger partial charge in [-0.15, -0.1) is 10.2 Å². The maximum Gasteiger partial charge on any atom is 0.215 e. The van der Waals surface area contributed by atoms with Crippen LogP contribution in [0.4, 0.5) is 5.82 Å². The zero-order chi connectivity index (χ0) is 15.3. The van der Waals surface area contributed by atoms with E-state index in [1.165, 1.54) is 0 Å². The monoisotopic (exact) mass is 276 g/mol. The average molecular weight is 276 g/mol. The predicted octanol–water partition coefficient (Wildman–Crippen LogP) is 3.53. The molecule has 20 heavy (non-hydrogen) atoms. The van der Waals surface area contributed by atoms with E-state index in [0.29, 0.717) is 17.3 Å². The van der Waals surface area contributed by atoms with Gasteiger partial charge in [-0.25, -0.2) is 0 Å². The molecule has 1 aromatic heterocycles. The molecular formula is C14H24N6. The molecule has 6 nitrogen and oxygen atoms in total. The van der Waals surface area contributed by atoms with Crippen LogP contribution < -0.4 is 0 Å². The summed E-state index contributed by atoms with van der Waals surface area (Å²) in [5.41, 5.74) is 0.460. The van der Waals surface area contributed by atoms with E-state index in [9.17, 15) is 0 Å². The topological polar surface area (TPSA) is 69.6 Å². The second-order valence-electron chi connectivity index (χ2n) is 5.85. The van der Waals surface area contributed by atoms with Gasteiger partial charge >= 0.3 is 0 Å². The molecule has 0 amide bonds. The third-order valence-electron chi connectivity index (χ3n) is 2.72. The third kappa shape index (κ3) is 4.34. The van der Waals surface area contributed by atoms with Gasteiger partial charge in [-0.05, 0) is 33.6 Å². The van der Waals surface area contributed by atoms with Gasteiger partial charge in [-0.3, -0.25) is 9.69 Å². The van der Waals surface area contributed by atoms with Gasteiger partial charge in [0, 0.05) is 24.8 Å². The molecule has 0 fully saturated rings. The zero-order valence-corrected chi connectivity index (χ0v) is 13.2. The number of hydrogen-bond donors (Lipinski definition) is 0. The summed E-state index contributed by atoms with van der Waals surface area (Å²) in [6.07, 6.45) is 1.73. The normalized spacial score (nSPS) is 11.8. The first kappa shape index (κ1) is 16.2. The molecule has 0 aromatic carbocycles. The number of nitrogens with zero attached hydrogens (tertiary/aromatic N) is 6. The maximum atomic E-state index is 9.13. The van der Waals surface area contributed by atoms with E-state index in [1.807, 2.05) is 5.01 Å². The number of nitriles is 1. The lowest BCUT2D eigenvalue weighted by Gasteiger charge is -2.25. The molecule has 0 unspecified atom stereocenters. The minimum absolute atomic E-state index is 0.252. The lowest BCUT2D eigenvalue weighted by Crippen LogP contribution is -2.31. The fraction of sp³-hybridized carbons (Fsp3) is 0.714. The lowest BCUT2D eigenvalue weighted by atomic mass is 10.2. The highest BCUT2D eigenvalue weighted by atomic mass is 15.6. The zero-order valence-electron chi connectivity index (χ0n) is 13.2. The van der Waals surface area contributed by atoms with Crippen molar-refractivity contribution in [2.75, 3.05) is 0 Å². The Balaban J connectivity index is 2.96. The van der Waals surface area contributed by atoms with E-state index in [-0.39, 0.29) is 12.1 Å².